The minimum atomic E-state index is -0.490. The van der Waals surface area contributed by atoms with Crippen LogP contribution in [0.15, 0.2) is 77.3 Å². The van der Waals surface area contributed by atoms with E-state index in [1.807, 2.05) is 48.5 Å². The Bertz CT molecular complexity index is 1260. The van der Waals surface area contributed by atoms with Crippen LogP contribution in [-0.4, -0.2) is 36.7 Å². The molecule has 0 spiro atoms. The summed E-state index contributed by atoms with van der Waals surface area (Å²) in [5.41, 5.74) is 6.32. The second-order valence-electron chi connectivity index (χ2n) is 9.15. The SMILES string of the molecule is CC(C)(C)c1ccc(OCC(=O)NNC(=S)NC(=O)c2ccccc2OCCOc2ccccc2)c(Br)c1. The zero-order valence-corrected chi connectivity index (χ0v) is 23.8. The Hall–Kier alpha value is -3.63. The van der Waals surface area contributed by atoms with Crippen LogP contribution in [0.2, 0.25) is 0 Å². The molecular weight excluding hydrogens is 570 g/mol. The fourth-order valence-corrected chi connectivity index (χ4v) is 3.84. The van der Waals surface area contributed by atoms with Gasteiger partial charge in [0.1, 0.15) is 30.5 Å². The summed E-state index contributed by atoms with van der Waals surface area (Å²) in [6, 6.07) is 21.9. The summed E-state index contributed by atoms with van der Waals surface area (Å²) >= 11 is 8.61. The van der Waals surface area contributed by atoms with Gasteiger partial charge in [0, 0.05) is 0 Å². The van der Waals surface area contributed by atoms with Crippen LogP contribution in [0.4, 0.5) is 0 Å². The average molecular weight is 601 g/mol. The van der Waals surface area contributed by atoms with Crippen molar-refractivity contribution in [3.63, 3.8) is 0 Å². The number of carbonyl (C=O) groups excluding carboxylic acids is 2. The Morgan fingerprint density at radius 2 is 1.53 bits per heavy atom. The number of carbonyl (C=O) groups is 2. The fraction of sp³-hybridized carbons (Fsp3) is 0.250. The van der Waals surface area contributed by atoms with Crippen molar-refractivity contribution in [3.05, 3.63) is 88.4 Å². The summed E-state index contributed by atoms with van der Waals surface area (Å²) in [6.07, 6.45) is 0. The number of hydrogen-bond acceptors (Lipinski definition) is 6. The minimum absolute atomic E-state index is 0.00804. The molecule has 3 aromatic rings. The van der Waals surface area contributed by atoms with Crippen LogP contribution in [0.5, 0.6) is 17.2 Å². The van der Waals surface area contributed by atoms with Gasteiger partial charge in [-0.15, -0.1) is 0 Å². The molecule has 0 unspecified atom stereocenters. The second kappa shape index (κ2) is 13.8. The summed E-state index contributed by atoms with van der Waals surface area (Å²) in [5, 5.41) is 2.44. The van der Waals surface area contributed by atoms with E-state index in [0.29, 0.717) is 18.1 Å². The number of hydrogen-bond donors (Lipinski definition) is 3. The van der Waals surface area contributed by atoms with E-state index in [0.717, 1.165) is 15.8 Å². The van der Waals surface area contributed by atoms with E-state index in [1.165, 1.54) is 0 Å². The lowest BCUT2D eigenvalue weighted by atomic mass is 9.87. The molecule has 3 N–H and O–H groups in total. The summed E-state index contributed by atoms with van der Waals surface area (Å²) in [5.74, 6) is 0.683. The van der Waals surface area contributed by atoms with E-state index in [9.17, 15) is 9.59 Å². The van der Waals surface area contributed by atoms with Crippen molar-refractivity contribution in [1.29, 1.82) is 0 Å². The van der Waals surface area contributed by atoms with Gasteiger partial charge in [0.2, 0.25) is 0 Å². The van der Waals surface area contributed by atoms with Crippen LogP contribution < -0.4 is 30.4 Å². The maximum atomic E-state index is 12.7. The standard InChI is InChI=1S/C28H30BrN3O5S/c1-28(2,3)19-13-14-24(22(29)17-19)37-18-25(33)31-32-27(38)30-26(34)21-11-7-8-12-23(21)36-16-15-35-20-9-5-4-6-10-20/h4-14,17H,15-16,18H2,1-3H3,(H,31,33)(H2,30,32,34,38). The monoisotopic (exact) mass is 599 g/mol. The third kappa shape index (κ3) is 9.04. The number of hydrazine groups is 1. The van der Waals surface area contributed by atoms with Crippen LogP contribution >= 0.6 is 28.1 Å². The molecule has 0 bridgehead atoms. The van der Waals surface area contributed by atoms with Gasteiger partial charge >= 0.3 is 0 Å². The largest absolute Gasteiger partial charge is 0.490 e. The van der Waals surface area contributed by atoms with Crippen molar-refractivity contribution in [2.75, 3.05) is 19.8 Å². The van der Waals surface area contributed by atoms with E-state index in [-0.39, 0.29) is 29.3 Å². The molecule has 0 fully saturated rings. The number of nitrogens with one attached hydrogen (secondary N) is 3. The summed E-state index contributed by atoms with van der Waals surface area (Å²) < 4.78 is 17.7. The molecule has 0 saturated carbocycles. The Balaban J connectivity index is 1.43. The fourth-order valence-electron chi connectivity index (χ4n) is 3.20. The molecule has 200 valence electrons. The van der Waals surface area contributed by atoms with Gasteiger partial charge in [0.15, 0.2) is 11.7 Å². The van der Waals surface area contributed by atoms with Crippen molar-refractivity contribution in [2.45, 2.75) is 26.2 Å². The molecule has 38 heavy (non-hydrogen) atoms. The minimum Gasteiger partial charge on any atom is -0.490 e. The molecule has 3 rings (SSSR count). The molecule has 2 amide bonds. The lowest BCUT2D eigenvalue weighted by Crippen LogP contribution is -2.49. The van der Waals surface area contributed by atoms with Crippen molar-refractivity contribution in [3.8, 4) is 17.2 Å². The lowest BCUT2D eigenvalue weighted by Gasteiger charge is -2.20. The molecule has 0 atom stereocenters. The third-order valence-corrected chi connectivity index (χ3v) is 6.01. The van der Waals surface area contributed by atoms with Crippen molar-refractivity contribution >= 4 is 45.1 Å². The first-order chi connectivity index (χ1) is 18.1. The molecule has 0 aromatic heterocycles. The highest BCUT2D eigenvalue weighted by molar-refractivity contribution is 9.10. The highest BCUT2D eigenvalue weighted by Crippen LogP contribution is 2.31. The second-order valence-corrected chi connectivity index (χ2v) is 10.4. The molecule has 0 radical (unpaired) electrons. The molecule has 10 heteroatoms. The molecule has 3 aromatic carbocycles. The van der Waals surface area contributed by atoms with E-state index in [1.54, 1.807) is 24.3 Å². The first-order valence-corrected chi connectivity index (χ1v) is 13.1. The average Bonchev–Trinajstić information content (AvgIpc) is 2.89. The van der Waals surface area contributed by atoms with Crippen LogP contribution in [0, 0.1) is 0 Å². The predicted octanol–water partition coefficient (Wildman–Crippen LogP) is 4.92. The van der Waals surface area contributed by atoms with Crippen molar-refractivity contribution in [2.24, 2.45) is 0 Å². The number of rotatable bonds is 9. The number of halogens is 1. The smallest absolute Gasteiger partial charge is 0.276 e. The predicted molar refractivity (Wildman–Crippen MR) is 154 cm³/mol. The van der Waals surface area contributed by atoms with Crippen molar-refractivity contribution in [1.82, 2.24) is 16.2 Å². The van der Waals surface area contributed by atoms with Gasteiger partial charge in [0.25, 0.3) is 11.8 Å². The topological polar surface area (TPSA) is 97.9 Å². The van der Waals surface area contributed by atoms with E-state index in [4.69, 9.17) is 26.4 Å². The number of thiocarbonyl (C=S) groups is 1. The van der Waals surface area contributed by atoms with Gasteiger partial charge in [-0.25, -0.2) is 0 Å². The van der Waals surface area contributed by atoms with Gasteiger partial charge in [-0.2, -0.15) is 0 Å². The molecule has 0 heterocycles. The molecule has 0 saturated heterocycles. The Labute approximate surface area is 236 Å². The van der Waals surface area contributed by atoms with Gasteiger partial charge in [-0.1, -0.05) is 57.2 Å². The third-order valence-electron chi connectivity index (χ3n) is 5.18. The zero-order chi connectivity index (χ0) is 27.5. The maximum absolute atomic E-state index is 12.7. The number of amides is 2. The zero-order valence-electron chi connectivity index (χ0n) is 21.4. The van der Waals surface area contributed by atoms with Gasteiger partial charge in [0.05, 0.1) is 10.0 Å². The van der Waals surface area contributed by atoms with Gasteiger partial charge < -0.3 is 14.2 Å². The Morgan fingerprint density at radius 3 is 2.24 bits per heavy atom. The molecular formula is C28H30BrN3O5S. The van der Waals surface area contributed by atoms with Crippen molar-refractivity contribution < 1.29 is 23.8 Å². The summed E-state index contributed by atoms with van der Waals surface area (Å²) in [4.78, 5) is 24.9. The maximum Gasteiger partial charge on any atom is 0.276 e. The van der Waals surface area contributed by atoms with Crippen LogP contribution in [-0.2, 0) is 10.2 Å². The number of ether oxygens (including phenoxy) is 3. The number of benzene rings is 3. The normalized spacial score (nSPS) is 10.7. The van der Waals surface area contributed by atoms with Crippen LogP contribution in [0.3, 0.4) is 0 Å². The van der Waals surface area contributed by atoms with E-state index < -0.39 is 11.8 Å². The van der Waals surface area contributed by atoms with Gasteiger partial charge in [-0.05, 0) is 75.5 Å². The van der Waals surface area contributed by atoms with Crippen LogP contribution in [0.1, 0.15) is 36.7 Å². The first-order valence-electron chi connectivity index (χ1n) is 11.9. The molecule has 0 aliphatic heterocycles. The lowest BCUT2D eigenvalue weighted by molar-refractivity contribution is -0.123. The van der Waals surface area contributed by atoms with Gasteiger partial charge in [-0.3, -0.25) is 25.8 Å². The number of para-hydroxylation sites is 2. The Morgan fingerprint density at radius 1 is 0.842 bits per heavy atom. The highest BCUT2D eigenvalue weighted by Gasteiger charge is 2.16. The van der Waals surface area contributed by atoms with Crippen LogP contribution in [0.25, 0.3) is 0 Å². The summed E-state index contributed by atoms with van der Waals surface area (Å²) in [6.45, 7) is 6.65. The Kier molecular flexibility index (Phi) is 10.5. The highest BCUT2D eigenvalue weighted by atomic mass is 79.9. The first kappa shape index (κ1) is 28.9. The molecule has 0 aliphatic rings. The molecule has 8 nitrogen and oxygen atoms in total. The summed E-state index contributed by atoms with van der Waals surface area (Å²) in [7, 11) is 0. The quantitative estimate of drug-likeness (QED) is 0.182. The van der Waals surface area contributed by atoms with E-state index >= 15 is 0 Å². The van der Waals surface area contributed by atoms with E-state index in [2.05, 4.69) is 52.9 Å². The molecule has 0 aliphatic carbocycles.